The van der Waals surface area contributed by atoms with Gasteiger partial charge in [-0.3, -0.25) is 9.59 Å². The number of aryl methyl sites for hydroxylation is 2. The average molecular weight is 440 g/mol. The van der Waals surface area contributed by atoms with Crippen LogP contribution in [-0.2, 0) is 9.59 Å². The minimum Gasteiger partial charge on any atom is -0.484 e. The van der Waals surface area contributed by atoms with Crippen molar-refractivity contribution in [2.75, 3.05) is 18.5 Å². The minimum absolute atomic E-state index is 0.118. The van der Waals surface area contributed by atoms with Crippen molar-refractivity contribution in [2.24, 2.45) is 0 Å². The highest BCUT2D eigenvalue weighted by Gasteiger charge is 2.08. The fourth-order valence-electron chi connectivity index (χ4n) is 2.16. The van der Waals surface area contributed by atoms with Gasteiger partial charge in [0.1, 0.15) is 5.75 Å². The third-order valence-electron chi connectivity index (χ3n) is 3.65. The molecule has 0 atom stereocenters. The van der Waals surface area contributed by atoms with E-state index in [1.165, 1.54) is 0 Å². The largest absolute Gasteiger partial charge is 0.484 e. The maximum atomic E-state index is 12.0. The van der Waals surface area contributed by atoms with E-state index in [1.54, 1.807) is 18.2 Å². The summed E-state index contributed by atoms with van der Waals surface area (Å²) in [5, 5.41) is 6.14. The number of nitrogens with one attached hydrogen (secondary N) is 2. The Balaban J connectivity index is 1.71. The van der Waals surface area contributed by atoms with E-state index in [2.05, 4.69) is 26.6 Å². The molecular weight excluding hydrogens is 420 g/mol. The van der Waals surface area contributed by atoms with Gasteiger partial charge >= 0.3 is 0 Å². The first-order valence-electron chi connectivity index (χ1n) is 8.07. The van der Waals surface area contributed by atoms with Gasteiger partial charge in [0.2, 0.25) is 5.91 Å². The minimum atomic E-state index is -0.288. The van der Waals surface area contributed by atoms with E-state index in [0.717, 1.165) is 21.3 Å². The zero-order valence-corrected chi connectivity index (χ0v) is 16.9. The summed E-state index contributed by atoms with van der Waals surface area (Å²) in [4.78, 5) is 23.8. The molecule has 0 spiro atoms. The fourth-order valence-corrected chi connectivity index (χ4v) is 2.64. The number of hydrogen-bond donors (Lipinski definition) is 2. The molecule has 0 saturated heterocycles. The third kappa shape index (κ3) is 6.35. The van der Waals surface area contributed by atoms with Gasteiger partial charge in [0.05, 0.1) is 0 Å². The van der Waals surface area contributed by atoms with Gasteiger partial charge < -0.3 is 15.4 Å². The van der Waals surface area contributed by atoms with Gasteiger partial charge in [-0.05, 0) is 55.3 Å². The second-order valence-corrected chi connectivity index (χ2v) is 7.13. The maximum Gasteiger partial charge on any atom is 0.257 e. The third-order valence-corrected chi connectivity index (χ3v) is 4.56. The van der Waals surface area contributed by atoms with Crippen LogP contribution in [0.2, 0.25) is 5.02 Å². The van der Waals surface area contributed by atoms with Gasteiger partial charge in [-0.2, -0.15) is 0 Å². The topological polar surface area (TPSA) is 67.4 Å². The molecule has 138 valence electrons. The lowest BCUT2D eigenvalue weighted by Crippen LogP contribution is -2.31. The van der Waals surface area contributed by atoms with Gasteiger partial charge in [-0.1, -0.05) is 33.6 Å². The van der Waals surface area contributed by atoms with Crippen LogP contribution in [0.3, 0.4) is 0 Å². The molecule has 2 N–H and O–H groups in total. The van der Waals surface area contributed by atoms with E-state index in [9.17, 15) is 9.59 Å². The molecule has 2 aromatic carbocycles. The Morgan fingerprint density at radius 1 is 1.08 bits per heavy atom. The monoisotopic (exact) mass is 438 g/mol. The highest BCUT2D eigenvalue weighted by Crippen LogP contribution is 2.21. The highest BCUT2D eigenvalue weighted by atomic mass is 79.9. The number of anilines is 1. The van der Waals surface area contributed by atoms with Gasteiger partial charge in [0.15, 0.2) is 6.61 Å². The number of halogens is 2. The summed E-state index contributed by atoms with van der Waals surface area (Å²) < 4.78 is 6.30. The first-order valence-corrected chi connectivity index (χ1v) is 9.24. The molecule has 0 heterocycles. The number of hydrogen-bond acceptors (Lipinski definition) is 3. The zero-order chi connectivity index (χ0) is 19.1. The summed E-state index contributed by atoms with van der Waals surface area (Å²) >= 11 is 9.32. The quantitative estimate of drug-likeness (QED) is 0.678. The Morgan fingerprint density at radius 3 is 2.58 bits per heavy atom. The van der Waals surface area contributed by atoms with Gasteiger partial charge in [-0.15, -0.1) is 0 Å². The Hall–Kier alpha value is -2.05. The predicted octanol–water partition coefficient (Wildman–Crippen LogP) is 4.24. The lowest BCUT2D eigenvalue weighted by atomic mass is 10.2. The van der Waals surface area contributed by atoms with E-state index in [4.69, 9.17) is 16.3 Å². The van der Waals surface area contributed by atoms with Gasteiger partial charge in [0, 0.05) is 28.1 Å². The molecule has 0 aromatic heterocycles. The van der Waals surface area contributed by atoms with Crippen LogP contribution in [0.4, 0.5) is 5.69 Å². The molecule has 7 heteroatoms. The normalized spacial score (nSPS) is 10.3. The molecule has 0 fully saturated rings. The van der Waals surface area contributed by atoms with E-state index >= 15 is 0 Å². The predicted molar refractivity (Wildman–Crippen MR) is 107 cm³/mol. The van der Waals surface area contributed by atoms with Crippen LogP contribution in [0.15, 0.2) is 40.9 Å². The fraction of sp³-hybridized carbons (Fsp3) is 0.263. The molecule has 2 rings (SSSR count). The van der Waals surface area contributed by atoms with Crippen LogP contribution in [0.1, 0.15) is 17.5 Å². The van der Waals surface area contributed by atoms with Crippen molar-refractivity contribution in [1.82, 2.24) is 5.32 Å². The van der Waals surface area contributed by atoms with Crippen LogP contribution in [0.5, 0.6) is 5.75 Å². The molecule has 2 aromatic rings. The molecule has 5 nitrogen and oxygen atoms in total. The number of amides is 2. The van der Waals surface area contributed by atoms with E-state index in [0.29, 0.717) is 10.8 Å². The van der Waals surface area contributed by atoms with Crippen LogP contribution >= 0.6 is 27.5 Å². The van der Waals surface area contributed by atoms with Crippen LogP contribution in [0, 0.1) is 13.8 Å². The van der Waals surface area contributed by atoms with E-state index in [1.807, 2.05) is 32.0 Å². The molecule has 0 aliphatic rings. The molecule has 0 aliphatic heterocycles. The summed E-state index contributed by atoms with van der Waals surface area (Å²) in [6.07, 6.45) is 0.178. The molecular formula is C19H20BrClN2O3. The van der Waals surface area contributed by atoms with Crippen molar-refractivity contribution in [2.45, 2.75) is 20.3 Å². The maximum absolute atomic E-state index is 12.0. The molecule has 0 aliphatic carbocycles. The smallest absolute Gasteiger partial charge is 0.257 e. The SMILES string of the molecule is Cc1cc(OCC(=O)NCCC(=O)Nc2cc(Br)ccc2C)ccc1Cl. The number of carbonyl (C=O) groups excluding carboxylic acids is 2. The highest BCUT2D eigenvalue weighted by molar-refractivity contribution is 9.10. The Labute approximate surface area is 166 Å². The molecule has 0 unspecified atom stereocenters. The standard InChI is InChI=1S/C19H20BrClN2O3/c1-12-3-4-14(20)10-17(12)23-18(24)7-8-22-19(25)11-26-15-5-6-16(21)13(2)9-15/h3-6,9-10H,7-8,11H2,1-2H3,(H,22,25)(H,23,24). The summed E-state index contributed by atoms with van der Waals surface area (Å²) in [6.45, 7) is 3.90. The number of rotatable bonds is 7. The Morgan fingerprint density at radius 2 is 1.85 bits per heavy atom. The summed E-state index contributed by atoms with van der Waals surface area (Å²) in [7, 11) is 0. The Bertz CT molecular complexity index is 811. The number of benzene rings is 2. The molecule has 0 saturated carbocycles. The van der Waals surface area contributed by atoms with Crippen LogP contribution in [0.25, 0.3) is 0 Å². The Kier molecular flexibility index (Phi) is 7.48. The van der Waals surface area contributed by atoms with E-state index < -0.39 is 0 Å². The second kappa shape index (κ2) is 9.59. The molecule has 0 bridgehead atoms. The summed E-state index contributed by atoms with van der Waals surface area (Å²) in [5.41, 5.74) is 2.60. The number of carbonyl (C=O) groups is 2. The van der Waals surface area contributed by atoms with E-state index in [-0.39, 0.29) is 31.4 Å². The molecule has 26 heavy (non-hydrogen) atoms. The first kappa shape index (κ1) is 20.3. The summed E-state index contributed by atoms with van der Waals surface area (Å²) in [5.74, 6) is 0.120. The van der Waals surface area contributed by atoms with Gasteiger partial charge in [-0.25, -0.2) is 0 Å². The molecule has 0 radical (unpaired) electrons. The average Bonchev–Trinajstić information content (AvgIpc) is 2.59. The van der Waals surface area contributed by atoms with Crippen molar-refractivity contribution in [3.8, 4) is 5.75 Å². The number of ether oxygens (including phenoxy) is 1. The second-order valence-electron chi connectivity index (χ2n) is 5.81. The van der Waals surface area contributed by atoms with Crippen molar-refractivity contribution in [3.63, 3.8) is 0 Å². The lowest BCUT2D eigenvalue weighted by molar-refractivity contribution is -0.123. The zero-order valence-electron chi connectivity index (χ0n) is 14.6. The van der Waals surface area contributed by atoms with Crippen molar-refractivity contribution in [1.29, 1.82) is 0 Å². The van der Waals surface area contributed by atoms with Crippen LogP contribution in [-0.4, -0.2) is 25.0 Å². The first-order chi connectivity index (χ1) is 12.3. The summed E-state index contributed by atoms with van der Waals surface area (Å²) in [6, 6.07) is 10.9. The lowest BCUT2D eigenvalue weighted by Gasteiger charge is -2.10. The van der Waals surface area contributed by atoms with Crippen molar-refractivity contribution < 1.29 is 14.3 Å². The van der Waals surface area contributed by atoms with Crippen molar-refractivity contribution >= 4 is 45.0 Å². The van der Waals surface area contributed by atoms with Crippen LogP contribution < -0.4 is 15.4 Å². The molecule has 2 amide bonds. The van der Waals surface area contributed by atoms with Gasteiger partial charge in [0.25, 0.3) is 5.91 Å². The van der Waals surface area contributed by atoms with Crippen molar-refractivity contribution in [3.05, 3.63) is 57.0 Å².